The molecule has 0 bridgehead atoms. The summed E-state index contributed by atoms with van der Waals surface area (Å²) in [6.45, 7) is 22.6. The number of carboxylic acid groups (broad SMARTS) is 1. The van der Waals surface area contributed by atoms with Crippen LogP contribution < -0.4 is 5.14 Å². The third-order valence-electron chi connectivity index (χ3n) is 15.9. The lowest BCUT2D eigenvalue weighted by molar-refractivity contribution is -0.247. The number of carbonyl (C=O) groups excluding carboxylic acids is 1. The van der Waals surface area contributed by atoms with Gasteiger partial charge in [-0.3, -0.25) is 14.7 Å². The SMILES string of the molecule is C=C(C)[C@@H]1CCC2(C#Cc3ccccc3S[NH3+])CC[C@]3(C)C(CCC4[C@@]5(C)CC[C@H](OC(=O)CC(C)(C)C(=O)O)C(C)(C)C5CC[C@]43C)C12. The van der Waals surface area contributed by atoms with Gasteiger partial charge in [-0.1, -0.05) is 70.7 Å². The molecule has 1 aromatic carbocycles. The summed E-state index contributed by atoms with van der Waals surface area (Å²) < 4.78 is 6.19. The number of carboxylic acids is 1. The van der Waals surface area contributed by atoms with Crippen molar-refractivity contribution in [2.45, 2.75) is 137 Å². The van der Waals surface area contributed by atoms with E-state index in [0.29, 0.717) is 29.6 Å². The largest absolute Gasteiger partial charge is 0.481 e. The summed E-state index contributed by atoms with van der Waals surface area (Å²) >= 11 is 1.54. The second-order valence-electron chi connectivity index (χ2n) is 18.9. The zero-order valence-corrected chi connectivity index (χ0v) is 32.4. The second-order valence-corrected chi connectivity index (χ2v) is 19.7. The van der Waals surface area contributed by atoms with Gasteiger partial charge in [-0.15, -0.1) is 0 Å². The first-order valence-corrected chi connectivity index (χ1v) is 20.0. The fraction of sp³-hybridized carbons (Fsp3) is 0.721. The minimum Gasteiger partial charge on any atom is -0.481 e. The highest BCUT2D eigenvalue weighted by Crippen LogP contribution is 2.77. The molecule has 5 fully saturated rings. The first-order chi connectivity index (χ1) is 22.9. The molecular formula is C43H62NO4S+. The molecule has 0 radical (unpaired) electrons. The Hall–Kier alpha value is -2.23. The molecule has 0 aromatic heterocycles. The van der Waals surface area contributed by atoms with Crippen molar-refractivity contribution in [3.63, 3.8) is 0 Å². The van der Waals surface area contributed by atoms with Gasteiger partial charge in [0.05, 0.1) is 16.7 Å². The Morgan fingerprint density at radius 1 is 0.959 bits per heavy atom. The Morgan fingerprint density at radius 3 is 2.35 bits per heavy atom. The van der Waals surface area contributed by atoms with E-state index in [-0.39, 0.29) is 45.6 Å². The number of fused-ring (bicyclic) bond motifs is 7. The van der Waals surface area contributed by atoms with Gasteiger partial charge in [0.2, 0.25) is 0 Å². The summed E-state index contributed by atoms with van der Waals surface area (Å²) in [5, 5.41) is 13.7. The zero-order valence-electron chi connectivity index (χ0n) is 31.5. The van der Waals surface area contributed by atoms with Crippen LogP contribution in [0, 0.1) is 73.9 Å². The summed E-state index contributed by atoms with van der Waals surface area (Å²) in [6.07, 6.45) is 11.2. The van der Waals surface area contributed by atoms with E-state index in [2.05, 4.69) is 89.4 Å². The Morgan fingerprint density at radius 2 is 1.67 bits per heavy atom. The van der Waals surface area contributed by atoms with E-state index in [1.165, 1.54) is 50.5 Å². The molecule has 1 aromatic rings. The van der Waals surface area contributed by atoms with Gasteiger partial charge in [0.15, 0.2) is 0 Å². The average molecular weight is 689 g/mol. The van der Waals surface area contributed by atoms with Crippen LogP contribution in [-0.4, -0.2) is 23.1 Å². The number of quaternary nitrogens is 1. The molecule has 6 rings (SSSR count). The predicted octanol–water partition coefficient (Wildman–Crippen LogP) is 9.36. The van der Waals surface area contributed by atoms with Crippen LogP contribution in [0.25, 0.3) is 0 Å². The summed E-state index contributed by atoms with van der Waals surface area (Å²) in [6, 6.07) is 8.47. The molecule has 0 saturated heterocycles. The molecule has 49 heavy (non-hydrogen) atoms. The average Bonchev–Trinajstić information content (AvgIpc) is 3.42. The third kappa shape index (κ3) is 5.63. The molecule has 4 N–H and O–H groups in total. The topological polar surface area (TPSA) is 91.2 Å². The maximum atomic E-state index is 13.1. The molecule has 6 heteroatoms. The van der Waals surface area contributed by atoms with Crippen LogP contribution in [0.5, 0.6) is 0 Å². The highest BCUT2D eigenvalue weighted by Gasteiger charge is 2.71. The van der Waals surface area contributed by atoms with E-state index in [4.69, 9.17) is 4.74 Å². The van der Waals surface area contributed by atoms with E-state index in [1.54, 1.807) is 25.8 Å². The molecule has 10 atom stereocenters. The highest BCUT2D eigenvalue weighted by molar-refractivity contribution is 7.92. The normalized spacial score (nSPS) is 40.8. The summed E-state index contributed by atoms with van der Waals surface area (Å²) in [4.78, 5) is 26.0. The number of esters is 1. The molecule has 5 unspecified atom stereocenters. The van der Waals surface area contributed by atoms with Crippen molar-refractivity contribution in [3.8, 4) is 11.8 Å². The lowest BCUT2D eigenvalue weighted by atomic mass is 9.32. The number of aliphatic carboxylic acids is 1. The van der Waals surface area contributed by atoms with Crippen molar-refractivity contribution in [3.05, 3.63) is 42.0 Å². The highest BCUT2D eigenvalue weighted by atomic mass is 32.2. The van der Waals surface area contributed by atoms with Crippen molar-refractivity contribution < 1.29 is 24.6 Å². The molecule has 5 aliphatic carbocycles. The molecule has 0 heterocycles. The lowest BCUT2D eigenvalue weighted by Gasteiger charge is -2.72. The number of carbonyl (C=O) groups is 2. The van der Waals surface area contributed by atoms with E-state index in [9.17, 15) is 14.7 Å². The van der Waals surface area contributed by atoms with Gasteiger partial charge in [-0.25, -0.2) is 0 Å². The minimum atomic E-state index is -1.13. The number of benzene rings is 1. The lowest BCUT2D eigenvalue weighted by Crippen LogP contribution is -2.66. The quantitative estimate of drug-likeness (QED) is 0.135. The molecule has 5 aliphatic rings. The molecule has 5 nitrogen and oxygen atoms in total. The molecule has 268 valence electrons. The first kappa shape index (κ1) is 36.6. The van der Waals surface area contributed by atoms with Gasteiger partial charge >= 0.3 is 11.9 Å². The van der Waals surface area contributed by atoms with Crippen LogP contribution in [-0.2, 0) is 14.3 Å². The molecule has 0 aliphatic heterocycles. The van der Waals surface area contributed by atoms with Gasteiger partial charge in [0.25, 0.3) is 0 Å². The number of rotatable bonds is 6. The molecule has 0 spiro atoms. The van der Waals surface area contributed by atoms with Gasteiger partial charge in [0.1, 0.15) is 18.1 Å². The fourth-order valence-electron chi connectivity index (χ4n) is 13.1. The van der Waals surface area contributed by atoms with Crippen LogP contribution >= 0.6 is 11.9 Å². The Labute approximate surface area is 300 Å². The Kier molecular flexibility index (Phi) is 9.30. The Balaban J connectivity index is 1.29. The van der Waals surface area contributed by atoms with Gasteiger partial charge in [0, 0.05) is 16.4 Å². The van der Waals surface area contributed by atoms with Crippen LogP contribution in [0.4, 0.5) is 0 Å². The van der Waals surface area contributed by atoms with Crippen molar-refractivity contribution in [2.75, 3.05) is 0 Å². The van der Waals surface area contributed by atoms with Crippen LogP contribution in [0.3, 0.4) is 0 Å². The predicted molar refractivity (Wildman–Crippen MR) is 197 cm³/mol. The smallest absolute Gasteiger partial charge is 0.309 e. The van der Waals surface area contributed by atoms with Gasteiger partial charge in [-0.05, 0) is 143 Å². The maximum Gasteiger partial charge on any atom is 0.309 e. The maximum absolute atomic E-state index is 13.1. The van der Waals surface area contributed by atoms with E-state index >= 15 is 0 Å². The van der Waals surface area contributed by atoms with Crippen molar-refractivity contribution in [2.24, 2.45) is 62.1 Å². The molecule has 0 amide bonds. The van der Waals surface area contributed by atoms with Crippen LogP contribution in [0.2, 0.25) is 0 Å². The second kappa shape index (κ2) is 12.5. The third-order valence-corrected chi connectivity index (χ3v) is 16.6. The minimum absolute atomic E-state index is 0.0379. The van der Waals surface area contributed by atoms with Crippen LogP contribution in [0.1, 0.15) is 132 Å². The summed E-state index contributed by atoms with van der Waals surface area (Å²) in [7, 11) is 0. The van der Waals surface area contributed by atoms with Crippen molar-refractivity contribution >= 4 is 23.9 Å². The molecule has 5 saturated carbocycles. The number of ether oxygens (including phenoxy) is 1. The van der Waals surface area contributed by atoms with Crippen molar-refractivity contribution in [1.82, 2.24) is 0 Å². The molecular weight excluding hydrogens is 627 g/mol. The van der Waals surface area contributed by atoms with E-state index < -0.39 is 11.4 Å². The monoisotopic (exact) mass is 688 g/mol. The fourth-order valence-corrected chi connectivity index (χ4v) is 13.5. The summed E-state index contributed by atoms with van der Waals surface area (Å²) in [5.74, 6) is 9.13. The van der Waals surface area contributed by atoms with E-state index in [1.807, 2.05) is 0 Å². The van der Waals surface area contributed by atoms with Gasteiger partial charge in [-0.2, -0.15) is 0 Å². The Bertz CT molecular complexity index is 1570. The number of allylic oxidation sites excluding steroid dienone is 1. The van der Waals surface area contributed by atoms with Crippen molar-refractivity contribution in [1.29, 1.82) is 0 Å². The van der Waals surface area contributed by atoms with Gasteiger partial charge < -0.3 is 9.84 Å². The van der Waals surface area contributed by atoms with E-state index in [0.717, 1.165) is 29.7 Å². The first-order valence-electron chi connectivity index (χ1n) is 19.0. The summed E-state index contributed by atoms with van der Waals surface area (Å²) in [5.41, 5.74) is 1.81. The van der Waals surface area contributed by atoms with Crippen LogP contribution in [0.15, 0.2) is 41.3 Å². The number of hydrogen-bond acceptors (Lipinski definition) is 4. The standard InChI is InChI=1S/C43H61NO4S/c1-27(2)29-17-23-43(22-16-28-12-10-11-13-31(28)49-44)25-24-41(8)30(36(29)43)14-15-33-40(7)20-19-34(48-35(45)26-38(3,4)37(46)47)39(5,6)32(40)18-21-42(33,41)9/h10-13,29-30,32-34,36H,1,14-15,17-21,23-26,44H2,2-9H3,(H,46,47)/p+1/t29-,30?,32?,33?,34-,36?,40-,41+,42+,43?/m0/s1. The number of hydrogen-bond donors (Lipinski definition) is 2. The zero-order chi connectivity index (χ0) is 35.8.